The first-order valence-corrected chi connectivity index (χ1v) is 17.6. The van der Waals surface area contributed by atoms with Gasteiger partial charge in [-0.1, -0.05) is 6.92 Å². The summed E-state index contributed by atoms with van der Waals surface area (Å²) in [6, 6.07) is 14.2. The second kappa shape index (κ2) is 16.9. The lowest BCUT2D eigenvalue weighted by Gasteiger charge is -2.36. The molecule has 4 rings (SSSR count). The number of aromatic nitrogens is 1. The van der Waals surface area contributed by atoms with Crippen molar-refractivity contribution in [1.29, 1.82) is 0 Å². The van der Waals surface area contributed by atoms with Crippen molar-refractivity contribution in [2.24, 2.45) is 5.92 Å². The van der Waals surface area contributed by atoms with Gasteiger partial charge in [-0.25, -0.2) is 8.42 Å². The van der Waals surface area contributed by atoms with Gasteiger partial charge in [-0.3, -0.25) is 19.4 Å². The number of hydrogen-bond acceptors (Lipinski definition) is 9. The van der Waals surface area contributed by atoms with E-state index in [0.717, 1.165) is 31.4 Å². The Morgan fingerprint density at radius 3 is 2.51 bits per heavy atom. The Bertz CT molecular complexity index is 1540. The van der Waals surface area contributed by atoms with Crippen LogP contribution in [0.15, 0.2) is 71.9 Å². The van der Waals surface area contributed by atoms with Crippen molar-refractivity contribution in [3.63, 3.8) is 0 Å². The van der Waals surface area contributed by atoms with Gasteiger partial charge >= 0.3 is 0 Å². The van der Waals surface area contributed by atoms with Crippen molar-refractivity contribution < 1.29 is 32.5 Å². The van der Waals surface area contributed by atoms with Crippen molar-refractivity contribution in [3.05, 3.63) is 78.1 Å². The molecule has 11 nitrogen and oxygen atoms in total. The fraction of sp³-hybridized carbons (Fsp3) is 0.486. The molecular formula is C35H48N4O7S. The van der Waals surface area contributed by atoms with Crippen LogP contribution in [0.2, 0.25) is 0 Å². The van der Waals surface area contributed by atoms with E-state index in [2.05, 4.69) is 21.5 Å². The number of carbonyl (C=O) groups is 1. The third kappa shape index (κ3) is 10.1. The predicted molar refractivity (Wildman–Crippen MR) is 181 cm³/mol. The van der Waals surface area contributed by atoms with Gasteiger partial charge in [-0.15, -0.1) is 0 Å². The van der Waals surface area contributed by atoms with Gasteiger partial charge in [0.25, 0.3) is 15.9 Å². The van der Waals surface area contributed by atoms with Crippen LogP contribution in [0.3, 0.4) is 0 Å². The number of pyridine rings is 1. The van der Waals surface area contributed by atoms with Crippen molar-refractivity contribution in [2.45, 2.75) is 69.7 Å². The highest BCUT2D eigenvalue weighted by Crippen LogP contribution is 2.30. The summed E-state index contributed by atoms with van der Waals surface area (Å²) in [7, 11) is -0.408. The minimum absolute atomic E-state index is 0.0545. The molecule has 0 spiro atoms. The van der Waals surface area contributed by atoms with Crippen LogP contribution < -0.4 is 14.2 Å². The Morgan fingerprint density at radius 2 is 1.83 bits per heavy atom. The number of nitrogens with zero attached hydrogens (tertiary/aromatic N) is 3. The summed E-state index contributed by atoms with van der Waals surface area (Å²) >= 11 is 0. The standard InChI is InChI=1S/C35H48N4O7S/c1-25-21-39(26(2)24-40)35(41)32-20-29(37-47(42,43)31-12-10-30(44-5)11-13-31)9-14-33(32)46-27(3)8-6-7-19-45-34(25)23-38(4)22-28-15-17-36-18-16-28/h9-18,20,25-27,34,37,40H,6-8,19,21-24H2,1-5H3/t25-,26+,27+,34+/m0/s1. The molecule has 12 heteroatoms. The van der Waals surface area contributed by atoms with Crippen LogP contribution in [-0.4, -0.2) is 92.9 Å². The highest BCUT2D eigenvalue weighted by molar-refractivity contribution is 7.92. The number of aliphatic hydroxyl groups is 1. The summed E-state index contributed by atoms with van der Waals surface area (Å²) in [6.07, 6.45) is 5.68. The average molecular weight is 669 g/mol. The molecule has 4 atom stereocenters. The first-order chi connectivity index (χ1) is 22.5. The van der Waals surface area contributed by atoms with Crippen molar-refractivity contribution >= 4 is 21.6 Å². The number of methoxy groups -OCH3 is 1. The largest absolute Gasteiger partial charge is 0.497 e. The van der Waals surface area contributed by atoms with Gasteiger partial charge < -0.3 is 24.2 Å². The fourth-order valence-corrected chi connectivity index (χ4v) is 6.64. The number of ether oxygens (including phenoxy) is 3. The van der Waals surface area contributed by atoms with E-state index in [0.29, 0.717) is 31.2 Å². The number of sulfonamides is 1. The van der Waals surface area contributed by atoms with E-state index in [1.807, 2.05) is 26.1 Å². The van der Waals surface area contributed by atoms with Gasteiger partial charge in [0.05, 0.1) is 42.4 Å². The van der Waals surface area contributed by atoms with E-state index in [-0.39, 0.29) is 46.8 Å². The number of carbonyl (C=O) groups excluding carboxylic acids is 1. The number of hydrogen-bond donors (Lipinski definition) is 2. The third-order valence-corrected chi connectivity index (χ3v) is 9.76. The molecule has 0 saturated heterocycles. The summed E-state index contributed by atoms with van der Waals surface area (Å²) in [5, 5.41) is 10.2. The molecule has 0 saturated carbocycles. The summed E-state index contributed by atoms with van der Waals surface area (Å²) in [4.78, 5) is 22.4. The SMILES string of the molecule is COc1ccc(S(=O)(=O)Nc2ccc3c(c2)C(=O)N([C@H](C)CO)C[C@H](C)[C@@H](CN(C)Cc2ccncc2)OCCCC[C@@H](C)O3)cc1. The number of aliphatic hydroxyl groups excluding tert-OH is 1. The molecular weight excluding hydrogens is 620 g/mol. The van der Waals surface area contributed by atoms with E-state index < -0.39 is 16.1 Å². The van der Waals surface area contributed by atoms with Crippen molar-refractivity contribution in [3.8, 4) is 11.5 Å². The van der Waals surface area contributed by atoms with Crippen LogP contribution in [0.4, 0.5) is 5.69 Å². The topological polar surface area (TPSA) is 131 Å². The minimum atomic E-state index is -3.96. The third-order valence-electron chi connectivity index (χ3n) is 8.37. The molecule has 0 radical (unpaired) electrons. The Hall–Kier alpha value is -3.71. The van der Waals surface area contributed by atoms with Gasteiger partial charge in [0, 0.05) is 50.2 Å². The lowest BCUT2D eigenvalue weighted by atomic mass is 10.0. The first-order valence-electron chi connectivity index (χ1n) is 16.1. The van der Waals surface area contributed by atoms with Gasteiger partial charge in [0.1, 0.15) is 11.5 Å². The maximum atomic E-state index is 14.4. The number of likely N-dealkylation sites (N-methyl/N-ethyl adjacent to an activating group) is 1. The lowest BCUT2D eigenvalue weighted by Crippen LogP contribution is -2.47. The van der Waals surface area contributed by atoms with E-state index in [9.17, 15) is 18.3 Å². The molecule has 47 heavy (non-hydrogen) atoms. The molecule has 1 aliphatic heterocycles. The number of anilines is 1. The average Bonchev–Trinajstić information content (AvgIpc) is 3.06. The highest BCUT2D eigenvalue weighted by Gasteiger charge is 2.30. The summed E-state index contributed by atoms with van der Waals surface area (Å²) in [5.74, 6) is 0.440. The van der Waals surface area contributed by atoms with Gasteiger partial charge in [-0.05, 0) is 100 Å². The van der Waals surface area contributed by atoms with Gasteiger partial charge in [0.15, 0.2) is 0 Å². The maximum absolute atomic E-state index is 14.4. The molecule has 0 aliphatic carbocycles. The molecule has 1 amide bonds. The Kier molecular flexibility index (Phi) is 13.0. The number of fused-ring (bicyclic) bond motifs is 1. The number of benzene rings is 2. The van der Waals surface area contributed by atoms with Gasteiger partial charge in [-0.2, -0.15) is 0 Å². The smallest absolute Gasteiger partial charge is 0.261 e. The Morgan fingerprint density at radius 1 is 1.11 bits per heavy atom. The van der Waals surface area contributed by atoms with Crippen LogP contribution in [0.25, 0.3) is 0 Å². The quantitative estimate of drug-likeness (QED) is 0.312. The van der Waals surface area contributed by atoms with Crippen LogP contribution >= 0.6 is 0 Å². The molecule has 0 fully saturated rings. The second-order valence-corrected chi connectivity index (χ2v) is 14.0. The number of rotatable bonds is 10. The Labute approximate surface area is 278 Å². The molecule has 0 bridgehead atoms. The van der Waals surface area contributed by atoms with E-state index >= 15 is 0 Å². The van der Waals surface area contributed by atoms with Gasteiger partial charge in [0.2, 0.25) is 0 Å². The van der Waals surface area contributed by atoms with Crippen molar-refractivity contribution in [1.82, 2.24) is 14.8 Å². The summed E-state index contributed by atoms with van der Waals surface area (Å²) < 4.78 is 47.0. The summed E-state index contributed by atoms with van der Waals surface area (Å²) in [6.45, 7) is 7.82. The van der Waals surface area contributed by atoms with E-state index in [1.165, 1.54) is 25.3 Å². The van der Waals surface area contributed by atoms with Crippen LogP contribution in [-0.2, 0) is 21.3 Å². The fourth-order valence-electron chi connectivity index (χ4n) is 5.59. The molecule has 1 aromatic heterocycles. The monoisotopic (exact) mass is 668 g/mol. The first kappa shape index (κ1) is 36.1. The summed E-state index contributed by atoms with van der Waals surface area (Å²) in [5.41, 5.74) is 1.57. The highest BCUT2D eigenvalue weighted by atomic mass is 32.2. The zero-order chi connectivity index (χ0) is 34.0. The van der Waals surface area contributed by atoms with E-state index in [1.54, 1.807) is 48.5 Å². The molecule has 256 valence electrons. The van der Waals surface area contributed by atoms with Crippen LogP contribution in [0.5, 0.6) is 11.5 Å². The van der Waals surface area contributed by atoms with Crippen LogP contribution in [0.1, 0.15) is 56.0 Å². The zero-order valence-corrected chi connectivity index (χ0v) is 28.8. The second-order valence-electron chi connectivity index (χ2n) is 12.3. The van der Waals surface area contributed by atoms with Crippen molar-refractivity contribution in [2.75, 3.05) is 45.2 Å². The van der Waals surface area contributed by atoms with Crippen LogP contribution in [0, 0.1) is 5.92 Å². The predicted octanol–water partition coefficient (Wildman–Crippen LogP) is 4.82. The Balaban J connectivity index is 1.64. The lowest BCUT2D eigenvalue weighted by molar-refractivity contribution is -0.0177. The molecule has 1 aliphatic rings. The maximum Gasteiger partial charge on any atom is 0.261 e. The molecule has 2 N–H and O–H groups in total. The number of amides is 1. The molecule has 2 aromatic carbocycles. The normalized spacial score (nSPS) is 20.5. The minimum Gasteiger partial charge on any atom is -0.497 e. The number of nitrogens with one attached hydrogen (secondary N) is 1. The molecule has 3 aromatic rings. The van der Waals surface area contributed by atoms with E-state index in [4.69, 9.17) is 14.2 Å². The molecule has 0 unspecified atom stereocenters. The molecule has 2 heterocycles. The zero-order valence-electron chi connectivity index (χ0n) is 28.0.